The predicted molar refractivity (Wildman–Crippen MR) is 100 cm³/mol. The van der Waals surface area contributed by atoms with E-state index < -0.39 is 35.4 Å². The van der Waals surface area contributed by atoms with E-state index in [1.807, 2.05) is 0 Å². The number of amides is 1. The van der Waals surface area contributed by atoms with Gasteiger partial charge >= 0.3 is 6.36 Å². The Labute approximate surface area is 167 Å². The summed E-state index contributed by atoms with van der Waals surface area (Å²) >= 11 is 0. The summed E-state index contributed by atoms with van der Waals surface area (Å²) in [6.45, 7) is 1.37. The fourth-order valence-corrected chi connectivity index (χ4v) is 2.61. The normalized spacial score (nSPS) is 12.3. The molecule has 0 saturated heterocycles. The van der Waals surface area contributed by atoms with Gasteiger partial charge in [-0.25, -0.2) is 9.07 Å². The quantitative estimate of drug-likeness (QED) is 0.629. The highest BCUT2D eigenvalue weighted by Crippen LogP contribution is 2.30. The average Bonchev–Trinajstić information content (AvgIpc) is 2.69. The van der Waals surface area contributed by atoms with Crippen LogP contribution in [-0.4, -0.2) is 22.1 Å². The molecule has 1 unspecified atom stereocenters. The summed E-state index contributed by atoms with van der Waals surface area (Å²) in [6.07, 6.45) is -4.94. The van der Waals surface area contributed by atoms with Gasteiger partial charge in [-0.15, -0.1) is 13.2 Å². The summed E-state index contributed by atoms with van der Waals surface area (Å²) in [4.78, 5) is 24.8. The Morgan fingerprint density at radius 3 is 2.40 bits per heavy atom. The average molecular weight is 421 g/mol. The maximum absolute atomic E-state index is 13.1. The predicted octanol–water partition coefficient (Wildman–Crippen LogP) is 4.15. The van der Waals surface area contributed by atoms with Crippen molar-refractivity contribution in [2.75, 3.05) is 5.32 Å². The molecule has 1 atom stereocenters. The number of nitrogens with zero attached hydrogens (tertiary/aromatic N) is 2. The zero-order valence-electron chi connectivity index (χ0n) is 15.5. The molecule has 3 rings (SSSR count). The molecule has 0 aliphatic heterocycles. The second-order valence-corrected chi connectivity index (χ2v) is 6.22. The van der Waals surface area contributed by atoms with Crippen LogP contribution in [0.1, 0.15) is 13.0 Å². The summed E-state index contributed by atoms with van der Waals surface area (Å²) in [5.41, 5.74) is 0.0227. The number of carbonyl (C=O) groups is 1. The standard InChI is InChI=1S/C20H15F4N3O3/c1-12(19(29)25-16-4-2-3-5-17(16)30-20(22,23)24)27-18(28)11-10-15(26-27)13-6-8-14(21)9-7-13/h2-12H,1H3,(H,25,29). The van der Waals surface area contributed by atoms with E-state index in [0.717, 1.165) is 10.7 Å². The second kappa shape index (κ2) is 8.36. The Bertz CT molecular complexity index is 1110. The van der Waals surface area contributed by atoms with Crippen LogP contribution in [0.4, 0.5) is 23.2 Å². The number of alkyl halides is 3. The molecule has 0 radical (unpaired) electrons. The van der Waals surface area contributed by atoms with Crippen LogP contribution in [0.2, 0.25) is 0 Å². The highest BCUT2D eigenvalue weighted by atomic mass is 19.4. The Morgan fingerprint density at radius 1 is 1.07 bits per heavy atom. The molecule has 0 bridgehead atoms. The van der Waals surface area contributed by atoms with Gasteiger partial charge < -0.3 is 10.1 Å². The van der Waals surface area contributed by atoms with Crippen molar-refractivity contribution in [2.24, 2.45) is 0 Å². The number of rotatable bonds is 5. The maximum atomic E-state index is 13.1. The molecule has 1 N–H and O–H groups in total. The summed E-state index contributed by atoms with van der Waals surface area (Å²) in [5.74, 6) is -1.82. The number of carbonyl (C=O) groups excluding carboxylic acids is 1. The number of para-hydroxylation sites is 2. The van der Waals surface area contributed by atoms with E-state index in [4.69, 9.17) is 0 Å². The molecule has 156 valence electrons. The topological polar surface area (TPSA) is 73.2 Å². The molecule has 0 saturated carbocycles. The molecule has 1 aromatic heterocycles. The third-order valence-electron chi connectivity index (χ3n) is 4.08. The molecule has 10 heteroatoms. The van der Waals surface area contributed by atoms with Crippen LogP contribution in [0.3, 0.4) is 0 Å². The van der Waals surface area contributed by atoms with Crippen molar-refractivity contribution >= 4 is 11.6 Å². The molecule has 0 fully saturated rings. The van der Waals surface area contributed by atoms with Crippen molar-refractivity contribution in [1.82, 2.24) is 9.78 Å². The van der Waals surface area contributed by atoms with Crippen molar-refractivity contribution < 1.29 is 27.1 Å². The fraction of sp³-hybridized carbons (Fsp3) is 0.150. The molecule has 3 aromatic rings. The van der Waals surface area contributed by atoms with Gasteiger partial charge in [-0.1, -0.05) is 12.1 Å². The van der Waals surface area contributed by atoms with E-state index in [2.05, 4.69) is 15.2 Å². The Hall–Kier alpha value is -3.69. The van der Waals surface area contributed by atoms with Crippen molar-refractivity contribution in [2.45, 2.75) is 19.3 Å². The lowest BCUT2D eigenvalue weighted by molar-refractivity contribution is -0.274. The van der Waals surface area contributed by atoms with Crippen LogP contribution < -0.4 is 15.6 Å². The summed E-state index contributed by atoms with van der Waals surface area (Å²) in [6, 6.07) is 11.8. The van der Waals surface area contributed by atoms with Gasteiger partial charge in [0.2, 0.25) is 5.91 Å². The molecular weight excluding hydrogens is 406 g/mol. The highest BCUT2D eigenvalue weighted by molar-refractivity contribution is 5.94. The van der Waals surface area contributed by atoms with Crippen molar-refractivity contribution in [3.63, 3.8) is 0 Å². The van der Waals surface area contributed by atoms with Gasteiger partial charge in [0.1, 0.15) is 11.9 Å². The highest BCUT2D eigenvalue weighted by Gasteiger charge is 2.32. The number of hydrogen-bond donors (Lipinski definition) is 1. The van der Waals surface area contributed by atoms with Crippen molar-refractivity contribution in [3.8, 4) is 17.0 Å². The van der Waals surface area contributed by atoms with E-state index in [-0.39, 0.29) is 5.69 Å². The number of hydrogen-bond acceptors (Lipinski definition) is 4. The Balaban J connectivity index is 1.86. The first kappa shape index (κ1) is 21.0. The SMILES string of the molecule is CC(C(=O)Nc1ccccc1OC(F)(F)F)n1nc(-c2ccc(F)cc2)ccc1=O. The number of benzene rings is 2. The number of halogens is 4. The first-order valence-electron chi connectivity index (χ1n) is 8.65. The molecule has 0 aliphatic carbocycles. The third-order valence-corrected chi connectivity index (χ3v) is 4.08. The van der Waals surface area contributed by atoms with E-state index in [9.17, 15) is 27.2 Å². The molecule has 1 heterocycles. The molecule has 0 spiro atoms. The first-order valence-corrected chi connectivity index (χ1v) is 8.65. The van der Waals surface area contributed by atoms with E-state index in [0.29, 0.717) is 11.3 Å². The molecule has 0 aliphatic rings. The lowest BCUT2D eigenvalue weighted by atomic mass is 10.1. The second-order valence-electron chi connectivity index (χ2n) is 6.22. The van der Waals surface area contributed by atoms with Gasteiger partial charge in [-0.2, -0.15) is 5.10 Å². The van der Waals surface area contributed by atoms with E-state index >= 15 is 0 Å². The lowest BCUT2D eigenvalue weighted by Crippen LogP contribution is -2.33. The van der Waals surface area contributed by atoms with Gasteiger partial charge in [-0.3, -0.25) is 9.59 Å². The Kier molecular flexibility index (Phi) is 5.86. The van der Waals surface area contributed by atoms with Crippen LogP contribution in [0, 0.1) is 5.82 Å². The van der Waals surface area contributed by atoms with Crippen LogP contribution >= 0.6 is 0 Å². The largest absolute Gasteiger partial charge is 0.573 e. The van der Waals surface area contributed by atoms with Gasteiger partial charge in [0.05, 0.1) is 11.4 Å². The lowest BCUT2D eigenvalue weighted by Gasteiger charge is -2.17. The van der Waals surface area contributed by atoms with Crippen LogP contribution in [0.15, 0.2) is 65.5 Å². The summed E-state index contributed by atoms with van der Waals surface area (Å²) in [5, 5.41) is 6.44. The molecule has 30 heavy (non-hydrogen) atoms. The molecule has 2 aromatic carbocycles. The van der Waals surface area contributed by atoms with Crippen LogP contribution in [-0.2, 0) is 4.79 Å². The Morgan fingerprint density at radius 2 is 1.73 bits per heavy atom. The number of ether oxygens (including phenoxy) is 1. The zero-order valence-corrected chi connectivity index (χ0v) is 15.5. The van der Waals surface area contributed by atoms with Gasteiger partial charge in [0, 0.05) is 11.6 Å². The minimum atomic E-state index is -4.94. The molecule has 6 nitrogen and oxygen atoms in total. The summed E-state index contributed by atoms with van der Waals surface area (Å²) < 4.78 is 55.6. The smallest absolute Gasteiger partial charge is 0.404 e. The number of anilines is 1. The van der Waals surface area contributed by atoms with E-state index in [1.54, 1.807) is 0 Å². The fourth-order valence-electron chi connectivity index (χ4n) is 2.61. The molecular formula is C20H15F4N3O3. The monoisotopic (exact) mass is 421 g/mol. The minimum absolute atomic E-state index is 0.214. The number of aromatic nitrogens is 2. The zero-order chi connectivity index (χ0) is 21.9. The van der Waals surface area contributed by atoms with Crippen LogP contribution in [0.5, 0.6) is 5.75 Å². The van der Waals surface area contributed by atoms with Gasteiger partial charge in [-0.05, 0) is 49.4 Å². The summed E-state index contributed by atoms with van der Waals surface area (Å²) in [7, 11) is 0. The first-order chi connectivity index (χ1) is 14.1. The molecule has 1 amide bonds. The number of nitrogens with one attached hydrogen (secondary N) is 1. The van der Waals surface area contributed by atoms with Crippen molar-refractivity contribution in [3.05, 3.63) is 76.8 Å². The van der Waals surface area contributed by atoms with Gasteiger partial charge in [0.15, 0.2) is 5.75 Å². The van der Waals surface area contributed by atoms with Crippen molar-refractivity contribution in [1.29, 1.82) is 0 Å². The van der Waals surface area contributed by atoms with Gasteiger partial charge in [0.25, 0.3) is 5.56 Å². The third kappa shape index (κ3) is 5.02. The van der Waals surface area contributed by atoms with Crippen LogP contribution in [0.25, 0.3) is 11.3 Å². The maximum Gasteiger partial charge on any atom is 0.573 e. The van der Waals surface area contributed by atoms with E-state index in [1.165, 1.54) is 61.5 Å². The minimum Gasteiger partial charge on any atom is -0.404 e.